The van der Waals surface area contributed by atoms with Crippen molar-refractivity contribution >= 4 is 15.9 Å². The fraction of sp³-hybridized carbons (Fsp3) is 0.600. The van der Waals surface area contributed by atoms with Crippen molar-refractivity contribution < 1.29 is 4.74 Å². The standard InChI is InChI=1S/C10H19BOSi/c1-6-8-9(12-7-2)10(11)13(3,4)5/h6H,1,7-8H2,2-5H3. The fourth-order valence-corrected chi connectivity index (χ4v) is 1.98. The van der Waals surface area contributed by atoms with Gasteiger partial charge in [-0.3, -0.25) is 0 Å². The summed E-state index contributed by atoms with van der Waals surface area (Å²) < 4.78 is 5.49. The van der Waals surface area contributed by atoms with Crippen LogP contribution in [0.4, 0.5) is 0 Å². The van der Waals surface area contributed by atoms with E-state index in [1.807, 2.05) is 13.0 Å². The van der Waals surface area contributed by atoms with Crippen LogP contribution in [0.3, 0.4) is 0 Å². The van der Waals surface area contributed by atoms with Crippen molar-refractivity contribution in [3.63, 3.8) is 0 Å². The van der Waals surface area contributed by atoms with Crippen molar-refractivity contribution in [2.24, 2.45) is 0 Å². The molecule has 0 saturated carbocycles. The van der Waals surface area contributed by atoms with Crippen molar-refractivity contribution in [2.45, 2.75) is 33.0 Å². The Morgan fingerprint density at radius 1 is 1.46 bits per heavy atom. The second kappa shape index (κ2) is 5.33. The Balaban J connectivity index is 4.73. The van der Waals surface area contributed by atoms with Gasteiger partial charge in [0.25, 0.3) is 0 Å². The Labute approximate surface area is 84.3 Å². The molecule has 0 saturated heterocycles. The van der Waals surface area contributed by atoms with Crippen molar-refractivity contribution in [1.82, 2.24) is 0 Å². The molecule has 0 aliphatic heterocycles. The third-order valence-corrected chi connectivity index (χ3v) is 3.65. The Morgan fingerprint density at radius 2 is 2.00 bits per heavy atom. The number of ether oxygens (including phenoxy) is 1. The Kier molecular flexibility index (Phi) is 5.15. The van der Waals surface area contributed by atoms with Crippen LogP contribution in [0.5, 0.6) is 0 Å². The minimum Gasteiger partial charge on any atom is -0.499 e. The van der Waals surface area contributed by atoms with E-state index in [1.54, 1.807) is 0 Å². The lowest BCUT2D eigenvalue weighted by molar-refractivity contribution is 0.224. The maximum Gasteiger partial charge on any atom is 0.106 e. The summed E-state index contributed by atoms with van der Waals surface area (Å²) in [5.41, 5.74) is 0. The summed E-state index contributed by atoms with van der Waals surface area (Å²) in [5, 5.41) is 0.953. The minimum absolute atomic E-state index is 0.675. The van der Waals surface area contributed by atoms with Crippen LogP contribution in [0.25, 0.3) is 0 Å². The molecule has 0 aliphatic rings. The summed E-state index contributed by atoms with van der Waals surface area (Å²) in [6.07, 6.45) is 2.57. The fourth-order valence-electron chi connectivity index (χ4n) is 0.970. The Hall–Kier alpha value is -0.438. The molecule has 0 aliphatic carbocycles. The summed E-state index contributed by atoms with van der Waals surface area (Å²) >= 11 is 0. The Morgan fingerprint density at radius 3 is 2.31 bits per heavy atom. The third kappa shape index (κ3) is 4.37. The molecule has 2 radical (unpaired) electrons. The van der Waals surface area contributed by atoms with E-state index in [4.69, 9.17) is 12.6 Å². The van der Waals surface area contributed by atoms with Crippen LogP contribution in [0.15, 0.2) is 23.5 Å². The lowest BCUT2D eigenvalue weighted by Gasteiger charge is -2.22. The van der Waals surface area contributed by atoms with Gasteiger partial charge in [-0.25, -0.2) is 0 Å². The molecule has 0 atom stereocenters. The van der Waals surface area contributed by atoms with Gasteiger partial charge < -0.3 is 4.74 Å². The molecule has 1 nitrogen and oxygen atoms in total. The van der Waals surface area contributed by atoms with Crippen LogP contribution in [0.2, 0.25) is 19.6 Å². The molecular formula is C10H19BOSi. The highest BCUT2D eigenvalue weighted by Crippen LogP contribution is 2.18. The van der Waals surface area contributed by atoms with Crippen LogP contribution >= 0.6 is 0 Å². The molecule has 0 fully saturated rings. The molecule has 0 spiro atoms. The first-order valence-electron chi connectivity index (χ1n) is 4.66. The van der Waals surface area contributed by atoms with Gasteiger partial charge in [0.05, 0.1) is 20.4 Å². The number of hydrogen-bond acceptors (Lipinski definition) is 1. The predicted molar refractivity (Wildman–Crippen MR) is 62.6 cm³/mol. The van der Waals surface area contributed by atoms with Gasteiger partial charge in [-0.15, -0.1) is 6.58 Å². The summed E-state index contributed by atoms with van der Waals surface area (Å²) in [7, 11) is 4.62. The zero-order valence-electron chi connectivity index (χ0n) is 9.18. The highest BCUT2D eigenvalue weighted by Gasteiger charge is 2.18. The van der Waals surface area contributed by atoms with E-state index in [-0.39, 0.29) is 0 Å². The molecule has 0 heterocycles. The van der Waals surface area contributed by atoms with Gasteiger partial charge in [0.1, 0.15) is 7.85 Å². The maximum atomic E-state index is 6.04. The van der Waals surface area contributed by atoms with Gasteiger partial charge in [-0.05, 0) is 6.92 Å². The van der Waals surface area contributed by atoms with E-state index >= 15 is 0 Å². The van der Waals surface area contributed by atoms with Crippen LogP contribution < -0.4 is 0 Å². The number of allylic oxidation sites excluding steroid dienone is 1. The van der Waals surface area contributed by atoms with E-state index < -0.39 is 8.07 Å². The van der Waals surface area contributed by atoms with E-state index in [2.05, 4.69) is 26.2 Å². The first-order valence-corrected chi connectivity index (χ1v) is 8.16. The molecule has 3 heteroatoms. The zero-order valence-corrected chi connectivity index (χ0v) is 10.2. The first-order chi connectivity index (χ1) is 5.93. The van der Waals surface area contributed by atoms with Gasteiger partial charge in [-0.1, -0.05) is 30.8 Å². The average molecular weight is 194 g/mol. The van der Waals surface area contributed by atoms with Gasteiger partial charge in [0.15, 0.2) is 0 Å². The molecule has 0 aromatic carbocycles. The topological polar surface area (TPSA) is 9.23 Å². The molecule has 0 N–H and O–H groups in total. The van der Waals surface area contributed by atoms with Crippen LogP contribution in [0, 0.1) is 0 Å². The quantitative estimate of drug-likeness (QED) is 0.371. The highest BCUT2D eigenvalue weighted by molar-refractivity contribution is 6.90. The minimum atomic E-state index is -1.41. The van der Waals surface area contributed by atoms with Gasteiger partial charge >= 0.3 is 0 Å². The van der Waals surface area contributed by atoms with E-state index in [0.717, 1.165) is 17.3 Å². The van der Waals surface area contributed by atoms with E-state index in [9.17, 15) is 0 Å². The van der Waals surface area contributed by atoms with Gasteiger partial charge in [0, 0.05) is 6.42 Å². The summed E-state index contributed by atoms with van der Waals surface area (Å²) in [6.45, 7) is 13.0. The van der Waals surface area contributed by atoms with Crippen molar-refractivity contribution in [2.75, 3.05) is 6.61 Å². The van der Waals surface area contributed by atoms with Crippen molar-refractivity contribution in [1.29, 1.82) is 0 Å². The van der Waals surface area contributed by atoms with Crippen LogP contribution in [-0.4, -0.2) is 22.5 Å². The lowest BCUT2D eigenvalue weighted by atomic mass is 10.1. The van der Waals surface area contributed by atoms with E-state index in [0.29, 0.717) is 6.61 Å². The van der Waals surface area contributed by atoms with Crippen LogP contribution in [-0.2, 0) is 4.74 Å². The Bertz CT molecular complexity index is 203. The molecule has 0 aromatic heterocycles. The monoisotopic (exact) mass is 194 g/mol. The third-order valence-electron chi connectivity index (χ3n) is 1.76. The first kappa shape index (κ1) is 12.6. The second-order valence-electron chi connectivity index (χ2n) is 4.01. The molecule has 0 aromatic rings. The van der Waals surface area contributed by atoms with Crippen molar-refractivity contribution in [3.8, 4) is 0 Å². The van der Waals surface area contributed by atoms with E-state index in [1.165, 1.54) is 0 Å². The van der Waals surface area contributed by atoms with Crippen LogP contribution in [0.1, 0.15) is 13.3 Å². The smallest absolute Gasteiger partial charge is 0.106 e. The SMILES string of the molecule is [B]C(=C(CC=C)OCC)[Si](C)(C)C. The normalized spacial score (nSPS) is 13.5. The molecule has 13 heavy (non-hydrogen) atoms. The largest absolute Gasteiger partial charge is 0.499 e. The lowest BCUT2D eigenvalue weighted by Crippen LogP contribution is -2.26. The van der Waals surface area contributed by atoms with Gasteiger partial charge in [-0.2, -0.15) is 0 Å². The predicted octanol–water partition coefficient (Wildman–Crippen LogP) is 2.86. The molecule has 0 bridgehead atoms. The second-order valence-corrected chi connectivity index (χ2v) is 9.05. The summed E-state index contributed by atoms with van der Waals surface area (Å²) in [5.74, 6) is 0.914. The number of rotatable bonds is 5. The molecule has 0 rings (SSSR count). The molecule has 0 amide bonds. The summed E-state index contributed by atoms with van der Waals surface area (Å²) in [4.78, 5) is 0. The number of hydrogen-bond donors (Lipinski definition) is 0. The van der Waals surface area contributed by atoms with Gasteiger partial charge in [0.2, 0.25) is 0 Å². The summed E-state index contributed by atoms with van der Waals surface area (Å²) in [6, 6.07) is 0. The molecule has 0 unspecified atom stereocenters. The maximum absolute atomic E-state index is 6.04. The highest BCUT2D eigenvalue weighted by atomic mass is 28.3. The van der Waals surface area contributed by atoms with Crippen molar-refractivity contribution in [3.05, 3.63) is 23.5 Å². The molecule has 72 valence electrons. The zero-order chi connectivity index (χ0) is 10.5. The average Bonchev–Trinajstić information content (AvgIpc) is 2.01. The molecular weight excluding hydrogens is 175 g/mol.